The van der Waals surface area contributed by atoms with E-state index in [-0.39, 0.29) is 12.0 Å². The number of halogens is 2. The smallest absolute Gasteiger partial charge is 0.337 e. The summed E-state index contributed by atoms with van der Waals surface area (Å²) in [6.45, 7) is 0.747. The van der Waals surface area contributed by atoms with Crippen molar-refractivity contribution in [1.29, 1.82) is 0 Å². The summed E-state index contributed by atoms with van der Waals surface area (Å²) >= 11 is 5.54. The van der Waals surface area contributed by atoms with E-state index in [9.17, 15) is 13.6 Å². The van der Waals surface area contributed by atoms with Crippen molar-refractivity contribution >= 4 is 24.0 Å². The van der Waals surface area contributed by atoms with Crippen LogP contribution in [0.5, 0.6) is 0 Å². The molecule has 5 nitrogen and oxygen atoms in total. The van der Waals surface area contributed by atoms with E-state index in [0.717, 1.165) is 36.8 Å². The van der Waals surface area contributed by atoms with Gasteiger partial charge in [-0.05, 0) is 72.8 Å². The number of carbonyl (C=O) groups is 1. The Morgan fingerprint density at radius 2 is 2.03 bits per heavy atom. The minimum atomic E-state index is -0.542. The fraction of sp³-hybridized carbons (Fsp3) is 0.333. The van der Waals surface area contributed by atoms with Crippen LogP contribution in [0.25, 0.3) is 0 Å². The first kappa shape index (κ1) is 22.2. The monoisotopic (exact) mass is 457 g/mol. The van der Waals surface area contributed by atoms with Gasteiger partial charge in [0.25, 0.3) is 0 Å². The summed E-state index contributed by atoms with van der Waals surface area (Å²) in [5, 5.41) is 0. The molecule has 2 aromatic carbocycles. The van der Waals surface area contributed by atoms with E-state index >= 15 is 0 Å². The molecular weight excluding hydrogens is 432 g/mol. The predicted molar refractivity (Wildman–Crippen MR) is 122 cm³/mol. The van der Waals surface area contributed by atoms with Gasteiger partial charge in [-0.25, -0.2) is 13.6 Å². The topological polar surface area (TPSA) is 50.3 Å². The van der Waals surface area contributed by atoms with Crippen LogP contribution in [0, 0.1) is 16.4 Å². The minimum absolute atomic E-state index is 0.0560. The molecule has 168 valence electrons. The molecule has 0 aliphatic heterocycles. The van der Waals surface area contributed by atoms with Crippen LogP contribution in [0.15, 0.2) is 42.6 Å². The number of benzene rings is 2. The largest absolute Gasteiger partial charge is 0.465 e. The van der Waals surface area contributed by atoms with Crippen LogP contribution in [-0.4, -0.2) is 36.2 Å². The molecule has 32 heavy (non-hydrogen) atoms. The second kappa shape index (κ2) is 9.24. The molecule has 1 aliphatic rings. The van der Waals surface area contributed by atoms with Crippen molar-refractivity contribution in [2.45, 2.75) is 31.7 Å². The number of rotatable bonds is 6. The number of aromatic amines is 1. The fourth-order valence-electron chi connectivity index (χ4n) is 4.23. The Bertz CT molecular complexity index is 1190. The van der Waals surface area contributed by atoms with Gasteiger partial charge in [-0.3, -0.25) is 0 Å². The highest BCUT2D eigenvalue weighted by atomic mass is 32.1. The molecule has 0 unspecified atom stereocenters. The van der Waals surface area contributed by atoms with Crippen LogP contribution in [0.1, 0.15) is 39.5 Å². The number of imidazole rings is 1. The average molecular weight is 458 g/mol. The Labute approximate surface area is 190 Å². The summed E-state index contributed by atoms with van der Waals surface area (Å²) < 4.78 is 35.0. The SMILES string of the molecule is COC(=O)c1ccc(CCN(C)c2cn([C@H]3CCc4c(F)cc(F)cc4C3)c(=S)[nH]2)cc1. The lowest BCUT2D eigenvalue weighted by Crippen LogP contribution is -2.21. The van der Waals surface area contributed by atoms with E-state index in [4.69, 9.17) is 17.0 Å². The van der Waals surface area contributed by atoms with Gasteiger partial charge in [-0.15, -0.1) is 0 Å². The molecule has 1 aliphatic carbocycles. The fourth-order valence-corrected chi connectivity index (χ4v) is 4.53. The van der Waals surface area contributed by atoms with Crippen LogP contribution < -0.4 is 4.90 Å². The number of methoxy groups -OCH3 is 1. The molecule has 1 heterocycles. The van der Waals surface area contributed by atoms with Crippen molar-refractivity contribution in [1.82, 2.24) is 9.55 Å². The molecule has 1 N–H and O–H groups in total. The van der Waals surface area contributed by atoms with Gasteiger partial charge in [0.2, 0.25) is 0 Å². The molecule has 1 aromatic heterocycles. The van der Waals surface area contributed by atoms with Gasteiger partial charge < -0.3 is 19.2 Å². The number of nitrogens with zero attached hydrogens (tertiary/aromatic N) is 2. The molecule has 0 amide bonds. The Hall–Kier alpha value is -3.00. The van der Waals surface area contributed by atoms with E-state index in [2.05, 4.69) is 9.88 Å². The van der Waals surface area contributed by atoms with Crippen LogP contribution in [0.2, 0.25) is 0 Å². The zero-order valence-corrected chi connectivity index (χ0v) is 18.8. The summed E-state index contributed by atoms with van der Waals surface area (Å²) in [5.41, 5.74) is 2.96. The Morgan fingerprint density at radius 1 is 1.28 bits per heavy atom. The highest BCUT2D eigenvalue weighted by molar-refractivity contribution is 7.71. The first-order valence-corrected chi connectivity index (χ1v) is 10.9. The number of esters is 1. The second-order valence-corrected chi connectivity index (χ2v) is 8.52. The number of likely N-dealkylation sites (N-methyl/N-ethyl adjacent to an activating group) is 1. The van der Waals surface area contributed by atoms with E-state index in [0.29, 0.717) is 34.3 Å². The summed E-state index contributed by atoms with van der Waals surface area (Å²) in [4.78, 5) is 16.9. The lowest BCUT2D eigenvalue weighted by atomic mass is 9.87. The van der Waals surface area contributed by atoms with Gasteiger partial charge in [0.1, 0.15) is 17.5 Å². The van der Waals surface area contributed by atoms with E-state index in [1.165, 1.54) is 13.2 Å². The highest BCUT2D eigenvalue weighted by Crippen LogP contribution is 2.32. The zero-order valence-electron chi connectivity index (χ0n) is 18.0. The molecule has 0 saturated carbocycles. The third kappa shape index (κ3) is 4.60. The maximum atomic E-state index is 14.1. The first-order chi connectivity index (χ1) is 15.4. The lowest BCUT2D eigenvalue weighted by Gasteiger charge is -2.26. The molecule has 0 saturated heterocycles. The third-order valence-electron chi connectivity index (χ3n) is 6.08. The standard InChI is InChI=1S/C24H25F2N3O2S/c1-28(10-9-15-3-5-16(6-4-15)23(30)31-2)22-14-29(24(32)27-22)19-7-8-20-17(12-19)11-18(25)13-21(20)26/h3-6,11,13-14,19H,7-10,12H2,1-2H3,(H,27,32)/t19-/m0/s1. The first-order valence-electron chi connectivity index (χ1n) is 10.5. The zero-order chi connectivity index (χ0) is 22.8. The maximum absolute atomic E-state index is 14.1. The summed E-state index contributed by atoms with van der Waals surface area (Å²) in [6, 6.07) is 9.81. The molecule has 8 heteroatoms. The normalized spacial score (nSPS) is 15.3. The Kier molecular flexibility index (Phi) is 6.41. The number of aromatic nitrogens is 2. The molecule has 0 spiro atoms. The van der Waals surface area contributed by atoms with Gasteiger partial charge >= 0.3 is 5.97 Å². The van der Waals surface area contributed by atoms with Crippen molar-refractivity contribution in [3.8, 4) is 0 Å². The number of hydrogen-bond donors (Lipinski definition) is 1. The van der Waals surface area contributed by atoms with Crippen molar-refractivity contribution < 1.29 is 18.3 Å². The van der Waals surface area contributed by atoms with E-state index in [1.54, 1.807) is 12.1 Å². The highest BCUT2D eigenvalue weighted by Gasteiger charge is 2.24. The number of ether oxygens (including phenoxy) is 1. The summed E-state index contributed by atoms with van der Waals surface area (Å²) in [5.74, 6) is -0.466. The Morgan fingerprint density at radius 3 is 2.75 bits per heavy atom. The quantitative estimate of drug-likeness (QED) is 0.417. The van der Waals surface area contributed by atoms with Gasteiger partial charge in [0, 0.05) is 31.9 Å². The van der Waals surface area contributed by atoms with Crippen molar-refractivity contribution in [2.24, 2.45) is 0 Å². The number of H-pyrrole nitrogens is 1. The molecule has 4 rings (SSSR count). The van der Waals surface area contributed by atoms with Crippen LogP contribution in [-0.2, 0) is 24.0 Å². The molecule has 1 atom stereocenters. The van der Waals surface area contributed by atoms with Gasteiger partial charge in [0.15, 0.2) is 4.77 Å². The maximum Gasteiger partial charge on any atom is 0.337 e. The van der Waals surface area contributed by atoms with Gasteiger partial charge in [0.05, 0.1) is 12.7 Å². The number of carbonyl (C=O) groups excluding carboxylic acids is 1. The summed E-state index contributed by atoms with van der Waals surface area (Å²) in [7, 11) is 3.35. The molecule has 0 bridgehead atoms. The molecule has 3 aromatic rings. The lowest BCUT2D eigenvalue weighted by molar-refractivity contribution is 0.0600. The number of anilines is 1. The molecule has 0 fully saturated rings. The van der Waals surface area contributed by atoms with Crippen LogP contribution >= 0.6 is 12.2 Å². The van der Waals surface area contributed by atoms with E-state index < -0.39 is 11.6 Å². The van der Waals surface area contributed by atoms with Crippen molar-refractivity contribution in [2.75, 3.05) is 25.6 Å². The number of hydrogen-bond acceptors (Lipinski definition) is 4. The predicted octanol–water partition coefficient (Wildman–Crippen LogP) is 5.02. The average Bonchev–Trinajstić information content (AvgIpc) is 3.18. The molecule has 0 radical (unpaired) electrons. The minimum Gasteiger partial charge on any atom is -0.465 e. The number of fused-ring (bicyclic) bond motifs is 1. The van der Waals surface area contributed by atoms with Crippen molar-refractivity contribution in [3.05, 3.63) is 81.3 Å². The van der Waals surface area contributed by atoms with Crippen LogP contribution in [0.4, 0.5) is 14.6 Å². The van der Waals surface area contributed by atoms with Gasteiger partial charge in [-0.1, -0.05) is 12.1 Å². The van der Waals surface area contributed by atoms with E-state index in [1.807, 2.05) is 29.9 Å². The summed E-state index contributed by atoms with van der Waals surface area (Å²) in [6.07, 6.45) is 4.63. The number of nitrogens with one attached hydrogen (secondary N) is 1. The van der Waals surface area contributed by atoms with Crippen LogP contribution in [0.3, 0.4) is 0 Å². The van der Waals surface area contributed by atoms with Gasteiger partial charge in [-0.2, -0.15) is 0 Å². The van der Waals surface area contributed by atoms with Crippen molar-refractivity contribution in [3.63, 3.8) is 0 Å². The molecular formula is C24H25F2N3O2S. The Balaban J connectivity index is 1.43. The third-order valence-corrected chi connectivity index (χ3v) is 6.40. The second-order valence-electron chi connectivity index (χ2n) is 8.13.